The zero-order chi connectivity index (χ0) is 23.8. The Balaban J connectivity index is 1.60. The fraction of sp³-hybridized carbons (Fsp3) is 0.227. The number of hydrogen-bond acceptors (Lipinski definition) is 6. The molecule has 0 fully saturated rings. The van der Waals surface area contributed by atoms with Crippen LogP contribution < -0.4 is 10.6 Å². The van der Waals surface area contributed by atoms with Gasteiger partial charge >= 0.3 is 6.18 Å². The van der Waals surface area contributed by atoms with E-state index in [1.807, 2.05) is 19.1 Å². The van der Waals surface area contributed by atoms with Crippen LogP contribution in [0.3, 0.4) is 0 Å². The van der Waals surface area contributed by atoms with E-state index in [1.54, 1.807) is 25.5 Å². The monoisotopic (exact) mass is 455 g/mol. The number of nitrogens with one attached hydrogen (secondary N) is 2. The van der Waals surface area contributed by atoms with E-state index in [-0.39, 0.29) is 11.3 Å². The molecule has 4 rings (SSSR count). The quantitative estimate of drug-likeness (QED) is 0.464. The van der Waals surface area contributed by atoms with Crippen LogP contribution in [-0.4, -0.2) is 43.9 Å². The Bertz CT molecular complexity index is 1350. The summed E-state index contributed by atoms with van der Waals surface area (Å²) < 4.78 is 38.8. The number of rotatable bonds is 5. The molecule has 0 spiro atoms. The van der Waals surface area contributed by atoms with Crippen LogP contribution in [-0.2, 0) is 6.54 Å². The van der Waals surface area contributed by atoms with Crippen molar-refractivity contribution in [1.82, 2.24) is 24.7 Å². The van der Waals surface area contributed by atoms with Crippen molar-refractivity contribution in [3.63, 3.8) is 0 Å². The van der Waals surface area contributed by atoms with E-state index in [0.717, 1.165) is 38.6 Å². The molecule has 0 bridgehead atoms. The molecule has 0 aliphatic heterocycles. The molecular weight excluding hydrogens is 435 g/mol. The van der Waals surface area contributed by atoms with Crippen LogP contribution >= 0.6 is 0 Å². The highest BCUT2D eigenvalue weighted by atomic mass is 19.4. The van der Waals surface area contributed by atoms with Gasteiger partial charge in [-0.15, -0.1) is 0 Å². The SMILES string of the molecule is CNc1cc2ncc(-c3cc(NC(=O)c4cnn(CC(F)(F)F)c4C)cnc3C)cc2cn1. The van der Waals surface area contributed by atoms with Gasteiger partial charge in [0.05, 0.1) is 29.2 Å². The summed E-state index contributed by atoms with van der Waals surface area (Å²) in [6.45, 7) is 1.99. The maximum absolute atomic E-state index is 12.7. The van der Waals surface area contributed by atoms with Gasteiger partial charge in [0.2, 0.25) is 0 Å². The third kappa shape index (κ3) is 4.76. The number of hydrogen-bond donors (Lipinski definition) is 2. The molecule has 2 N–H and O–H groups in total. The maximum Gasteiger partial charge on any atom is 0.408 e. The average molecular weight is 455 g/mol. The van der Waals surface area contributed by atoms with Gasteiger partial charge in [-0.05, 0) is 26.0 Å². The number of alkyl halides is 3. The molecule has 0 aliphatic carbocycles. The molecule has 0 unspecified atom stereocenters. The van der Waals surface area contributed by atoms with E-state index in [9.17, 15) is 18.0 Å². The Hall–Kier alpha value is -4.02. The molecule has 8 nitrogen and oxygen atoms in total. The number of fused-ring (bicyclic) bond motifs is 1. The van der Waals surface area contributed by atoms with Gasteiger partial charge in [0.15, 0.2) is 0 Å². The van der Waals surface area contributed by atoms with Crippen LogP contribution in [0.15, 0.2) is 43.0 Å². The fourth-order valence-corrected chi connectivity index (χ4v) is 3.40. The summed E-state index contributed by atoms with van der Waals surface area (Å²) in [4.78, 5) is 25.8. The molecule has 4 aromatic heterocycles. The Morgan fingerprint density at radius 2 is 1.82 bits per heavy atom. The van der Waals surface area contributed by atoms with Crippen molar-refractivity contribution in [3.8, 4) is 11.1 Å². The number of aryl methyl sites for hydroxylation is 1. The second kappa shape index (κ2) is 8.49. The third-order valence-corrected chi connectivity index (χ3v) is 5.15. The lowest BCUT2D eigenvalue weighted by atomic mass is 10.0. The lowest BCUT2D eigenvalue weighted by Crippen LogP contribution is -2.20. The minimum atomic E-state index is -4.43. The zero-order valence-electron chi connectivity index (χ0n) is 18.0. The molecule has 33 heavy (non-hydrogen) atoms. The van der Waals surface area contributed by atoms with Crippen LogP contribution in [0.2, 0.25) is 0 Å². The van der Waals surface area contributed by atoms with Gasteiger partial charge in [0.25, 0.3) is 5.91 Å². The van der Waals surface area contributed by atoms with Crippen molar-refractivity contribution in [2.45, 2.75) is 26.6 Å². The maximum atomic E-state index is 12.7. The van der Waals surface area contributed by atoms with Crippen LogP contribution in [0.4, 0.5) is 24.7 Å². The number of anilines is 2. The lowest BCUT2D eigenvalue weighted by molar-refractivity contribution is -0.142. The van der Waals surface area contributed by atoms with Gasteiger partial charge in [-0.1, -0.05) is 0 Å². The molecule has 170 valence electrons. The minimum absolute atomic E-state index is 0.0557. The van der Waals surface area contributed by atoms with Gasteiger partial charge in [0.1, 0.15) is 12.4 Å². The van der Waals surface area contributed by atoms with Gasteiger partial charge in [-0.3, -0.25) is 19.4 Å². The normalized spacial score (nSPS) is 11.6. The van der Waals surface area contributed by atoms with E-state index >= 15 is 0 Å². The molecule has 0 radical (unpaired) electrons. The number of pyridine rings is 3. The Morgan fingerprint density at radius 1 is 1.03 bits per heavy atom. The van der Waals surface area contributed by atoms with Gasteiger partial charge < -0.3 is 10.6 Å². The summed E-state index contributed by atoms with van der Waals surface area (Å²) in [7, 11) is 1.78. The predicted octanol–water partition coefficient (Wildman–Crippen LogP) is 4.36. The number of aromatic nitrogens is 5. The first-order valence-electron chi connectivity index (χ1n) is 9.95. The molecule has 1 amide bonds. The third-order valence-electron chi connectivity index (χ3n) is 5.15. The molecule has 0 atom stereocenters. The Kier molecular flexibility index (Phi) is 5.71. The Labute approximate surface area is 186 Å². The molecule has 4 aromatic rings. The number of halogens is 3. The standard InChI is InChI=1S/C22H20F3N7O/c1-12-17(14-4-15-8-29-20(26-3)6-19(15)28-7-14)5-16(9-27-12)31-21(33)18-10-30-32(13(18)2)11-22(23,24)25/h4-10H,11H2,1-3H3,(H,26,29)(H,31,33). The largest absolute Gasteiger partial charge is 0.408 e. The van der Waals surface area contributed by atoms with Crippen LogP contribution in [0.1, 0.15) is 21.7 Å². The van der Waals surface area contributed by atoms with E-state index in [0.29, 0.717) is 11.5 Å². The highest BCUT2D eigenvalue weighted by Crippen LogP contribution is 2.28. The van der Waals surface area contributed by atoms with Crippen molar-refractivity contribution in [2.24, 2.45) is 0 Å². The summed E-state index contributed by atoms with van der Waals surface area (Å²) in [5.41, 5.74) is 3.62. The fourth-order valence-electron chi connectivity index (χ4n) is 3.40. The van der Waals surface area contributed by atoms with E-state index in [4.69, 9.17) is 0 Å². The lowest BCUT2D eigenvalue weighted by Gasteiger charge is -2.11. The van der Waals surface area contributed by atoms with Crippen molar-refractivity contribution in [2.75, 3.05) is 17.7 Å². The number of carbonyl (C=O) groups excluding carboxylic acids is 1. The van der Waals surface area contributed by atoms with Crippen molar-refractivity contribution < 1.29 is 18.0 Å². The van der Waals surface area contributed by atoms with Crippen LogP contribution in [0.25, 0.3) is 22.0 Å². The molecular formula is C22H20F3N7O. The second-order valence-corrected chi connectivity index (χ2v) is 7.46. The van der Waals surface area contributed by atoms with Crippen molar-refractivity contribution in [1.29, 1.82) is 0 Å². The molecule has 0 saturated carbocycles. The van der Waals surface area contributed by atoms with Crippen molar-refractivity contribution in [3.05, 3.63) is 59.9 Å². The summed E-state index contributed by atoms with van der Waals surface area (Å²) in [5, 5.41) is 10.2. The number of amides is 1. The van der Waals surface area contributed by atoms with E-state index < -0.39 is 18.6 Å². The first-order chi connectivity index (χ1) is 15.6. The second-order valence-electron chi connectivity index (χ2n) is 7.46. The summed E-state index contributed by atoms with van der Waals surface area (Å²) in [6.07, 6.45) is 1.61. The molecule has 0 aromatic carbocycles. The Morgan fingerprint density at radius 3 is 2.55 bits per heavy atom. The first kappa shape index (κ1) is 22.2. The smallest absolute Gasteiger partial charge is 0.373 e. The molecule has 11 heteroatoms. The molecule has 4 heterocycles. The zero-order valence-corrected chi connectivity index (χ0v) is 18.0. The summed E-state index contributed by atoms with van der Waals surface area (Å²) in [5.74, 6) is 0.136. The van der Waals surface area contributed by atoms with Crippen molar-refractivity contribution >= 4 is 28.3 Å². The number of nitrogens with zero attached hydrogens (tertiary/aromatic N) is 5. The van der Waals surface area contributed by atoms with Gasteiger partial charge in [-0.2, -0.15) is 18.3 Å². The summed E-state index contributed by atoms with van der Waals surface area (Å²) >= 11 is 0. The van der Waals surface area contributed by atoms with Crippen LogP contribution in [0, 0.1) is 13.8 Å². The highest BCUT2D eigenvalue weighted by molar-refractivity contribution is 6.05. The average Bonchev–Trinajstić information content (AvgIpc) is 3.13. The van der Waals surface area contributed by atoms with Gasteiger partial charge in [0, 0.05) is 53.4 Å². The van der Waals surface area contributed by atoms with Gasteiger partial charge in [-0.25, -0.2) is 4.98 Å². The predicted molar refractivity (Wildman–Crippen MR) is 118 cm³/mol. The topological polar surface area (TPSA) is 97.6 Å². The highest BCUT2D eigenvalue weighted by Gasteiger charge is 2.30. The van der Waals surface area contributed by atoms with E-state index in [2.05, 4.69) is 30.7 Å². The minimum Gasteiger partial charge on any atom is -0.373 e. The van der Waals surface area contributed by atoms with Crippen LogP contribution in [0.5, 0.6) is 0 Å². The summed E-state index contributed by atoms with van der Waals surface area (Å²) in [6, 6.07) is 5.51. The number of carbonyl (C=O) groups is 1. The molecule has 0 saturated heterocycles. The van der Waals surface area contributed by atoms with E-state index in [1.165, 1.54) is 13.1 Å². The first-order valence-corrected chi connectivity index (χ1v) is 9.95. The molecule has 0 aliphatic rings.